The van der Waals surface area contributed by atoms with Crippen molar-refractivity contribution in [3.8, 4) is 0 Å². The van der Waals surface area contributed by atoms with Crippen molar-refractivity contribution >= 4 is 27.5 Å². The molecule has 0 aromatic heterocycles. The van der Waals surface area contributed by atoms with Crippen molar-refractivity contribution in [3.05, 3.63) is 24.3 Å². The highest BCUT2D eigenvalue weighted by Gasteiger charge is 2.24. The van der Waals surface area contributed by atoms with E-state index >= 15 is 0 Å². The summed E-state index contributed by atoms with van der Waals surface area (Å²) in [6, 6.07) is 6.19. The van der Waals surface area contributed by atoms with Crippen LogP contribution in [-0.4, -0.2) is 26.9 Å². The molecule has 7 nitrogen and oxygen atoms in total. The third-order valence-corrected chi connectivity index (χ3v) is 3.89. The van der Waals surface area contributed by atoms with Crippen LogP contribution in [0.5, 0.6) is 0 Å². The van der Waals surface area contributed by atoms with E-state index in [1.165, 1.54) is 6.07 Å². The lowest BCUT2D eigenvalue weighted by Gasteiger charge is -2.27. The maximum Gasteiger partial charge on any atom is 0.296 e. The molecule has 1 saturated heterocycles. The van der Waals surface area contributed by atoms with E-state index in [1.807, 2.05) is 0 Å². The molecule has 0 bridgehead atoms. The number of anilines is 2. The molecule has 21 heavy (non-hydrogen) atoms. The van der Waals surface area contributed by atoms with E-state index in [9.17, 15) is 13.2 Å². The largest absolute Gasteiger partial charge is 0.325 e. The molecule has 116 valence electrons. The van der Waals surface area contributed by atoms with E-state index in [0.717, 1.165) is 19.4 Å². The van der Waals surface area contributed by atoms with Crippen molar-refractivity contribution in [2.75, 3.05) is 16.6 Å². The second-order valence-electron chi connectivity index (χ2n) is 5.35. The third kappa shape index (κ3) is 5.00. The minimum Gasteiger partial charge on any atom is -0.325 e. The van der Waals surface area contributed by atoms with E-state index < -0.39 is 10.2 Å². The molecule has 2 rings (SSSR count). The fraction of sp³-hybridized carbons (Fsp3) is 0.462. The van der Waals surface area contributed by atoms with Gasteiger partial charge in [-0.25, -0.2) is 5.14 Å². The minimum absolute atomic E-state index is 0.116. The van der Waals surface area contributed by atoms with Crippen LogP contribution >= 0.6 is 0 Å². The third-order valence-electron chi connectivity index (χ3n) is 3.37. The first-order chi connectivity index (χ1) is 9.83. The second kappa shape index (κ2) is 6.42. The van der Waals surface area contributed by atoms with Gasteiger partial charge in [-0.15, -0.1) is 0 Å². The van der Waals surface area contributed by atoms with Gasteiger partial charge in [-0.05, 0) is 43.5 Å². The highest BCUT2D eigenvalue weighted by atomic mass is 32.2. The molecule has 1 aromatic rings. The molecule has 0 spiro atoms. The molecule has 8 heteroatoms. The highest BCUT2D eigenvalue weighted by Crippen LogP contribution is 2.19. The van der Waals surface area contributed by atoms with Gasteiger partial charge in [-0.1, -0.05) is 13.0 Å². The first-order valence-corrected chi connectivity index (χ1v) is 8.33. The number of nitrogens with one attached hydrogen (secondary N) is 3. The van der Waals surface area contributed by atoms with E-state index in [0.29, 0.717) is 17.3 Å². The molecule has 5 N–H and O–H groups in total. The fourth-order valence-corrected chi connectivity index (χ4v) is 2.82. The van der Waals surface area contributed by atoms with Crippen LogP contribution in [0.1, 0.15) is 19.8 Å². The van der Waals surface area contributed by atoms with Crippen LogP contribution in [-0.2, 0) is 15.0 Å². The van der Waals surface area contributed by atoms with Gasteiger partial charge in [0, 0.05) is 5.69 Å². The van der Waals surface area contributed by atoms with Crippen LogP contribution < -0.4 is 20.5 Å². The first-order valence-electron chi connectivity index (χ1n) is 6.78. The first kappa shape index (κ1) is 15.7. The van der Waals surface area contributed by atoms with Crippen LogP contribution in [0, 0.1) is 5.92 Å². The molecule has 1 aliphatic rings. The van der Waals surface area contributed by atoms with Gasteiger partial charge in [0.05, 0.1) is 11.7 Å². The van der Waals surface area contributed by atoms with Gasteiger partial charge < -0.3 is 10.6 Å². The summed E-state index contributed by atoms with van der Waals surface area (Å²) >= 11 is 0. The van der Waals surface area contributed by atoms with E-state index in [-0.39, 0.29) is 11.9 Å². The summed E-state index contributed by atoms with van der Waals surface area (Å²) in [6.45, 7) is 2.95. The molecular formula is C13H20N4O3S. The molecule has 2 unspecified atom stereocenters. The summed E-state index contributed by atoms with van der Waals surface area (Å²) in [5.41, 5.74) is 0.828. The quantitative estimate of drug-likeness (QED) is 0.653. The zero-order valence-electron chi connectivity index (χ0n) is 11.8. The van der Waals surface area contributed by atoms with Gasteiger partial charge >= 0.3 is 0 Å². The van der Waals surface area contributed by atoms with E-state index in [4.69, 9.17) is 5.14 Å². The van der Waals surface area contributed by atoms with Crippen molar-refractivity contribution < 1.29 is 13.2 Å². The summed E-state index contributed by atoms with van der Waals surface area (Å²) < 4.78 is 24.1. The SMILES string of the molecule is CC1CCNC(C(=O)Nc2cccc(NS(N)(=O)=O)c2)C1. The predicted molar refractivity (Wildman–Crippen MR) is 82.0 cm³/mol. The van der Waals surface area contributed by atoms with Gasteiger partial charge in [0.1, 0.15) is 0 Å². The zero-order chi connectivity index (χ0) is 15.5. The molecular weight excluding hydrogens is 292 g/mol. The molecule has 0 radical (unpaired) electrons. The van der Waals surface area contributed by atoms with Gasteiger partial charge in [0.25, 0.3) is 10.2 Å². The lowest BCUT2D eigenvalue weighted by Crippen LogP contribution is -2.45. The number of carbonyl (C=O) groups excluding carboxylic acids is 1. The van der Waals surface area contributed by atoms with Crippen LogP contribution in [0.25, 0.3) is 0 Å². The number of amides is 1. The van der Waals surface area contributed by atoms with Gasteiger partial charge in [-0.2, -0.15) is 8.42 Å². The Morgan fingerprint density at radius 3 is 2.76 bits per heavy atom. The number of benzene rings is 1. The van der Waals surface area contributed by atoms with Gasteiger partial charge in [0.2, 0.25) is 5.91 Å². The Labute approximate surface area is 124 Å². The van der Waals surface area contributed by atoms with Crippen LogP contribution in [0.2, 0.25) is 0 Å². The minimum atomic E-state index is -3.83. The Morgan fingerprint density at radius 1 is 1.38 bits per heavy atom. The Morgan fingerprint density at radius 2 is 2.10 bits per heavy atom. The number of hydrogen-bond donors (Lipinski definition) is 4. The Bertz CT molecular complexity index is 618. The Kier molecular flexibility index (Phi) is 4.81. The normalized spacial score (nSPS) is 22.6. The average molecular weight is 312 g/mol. The van der Waals surface area contributed by atoms with Crippen molar-refractivity contribution in [1.82, 2.24) is 5.32 Å². The molecule has 1 fully saturated rings. The standard InChI is InChI=1S/C13H20N4O3S/c1-9-5-6-15-12(7-9)13(18)16-10-3-2-4-11(8-10)17-21(14,19)20/h2-4,8-9,12,15,17H,5-7H2,1H3,(H,16,18)(H2,14,19,20). The van der Waals surface area contributed by atoms with E-state index in [2.05, 4.69) is 22.3 Å². The van der Waals surface area contributed by atoms with E-state index in [1.54, 1.807) is 18.2 Å². The van der Waals surface area contributed by atoms with Crippen LogP contribution in [0.15, 0.2) is 24.3 Å². The summed E-state index contributed by atoms with van der Waals surface area (Å²) in [7, 11) is -3.83. The zero-order valence-corrected chi connectivity index (χ0v) is 12.6. The summed E-state index contributed by atoms with van der Waals surface area (Å²) in [6.07, 6.45) is 1.86. The Balaban J connectivity index is 2.02. The topological polar surface area (TPSA) is 113 Å². The number of carbonyl (C=O) groups is 1. The molecule has 1 heterocycles. The lowest BCUT2D eigenvalue weighted by molar-refractivity contribution is -0.119. The molecule has 0 saturated carbocycles. The number of nitrogens with two attached hydrogens (primary N) is 1. The lowest BCUT2D eigenvalue weighted by atomic mass is 9.94. The van der Waals surface area contributed by atoms with Gasteiger partial charge in [-0.3, -0.25) is 9.52 Å². The predicted octanol–water partition coefficient (Wildman–Crippen LogP) is 0.629. The van der Waals surface area contributed by atoms with Crippen molar-refractivity contribution in [2.45, 2.75) is 25.8 Å². The monoisotopic (exact) mass is 312 g/mol. The smallest absolute Gasteiger partial charge is 0.296 e. The van der Waals surface area contributed by atoms with Crippen molar-refractivity contribution in [2.24, 2.45) is 11.1 Å². The fourth-order valence-electron chi connectivity index (χ4n) is 2.36. The summed E-state index contributed by atoms with van der Waals surface area (Å²) in [5.74, 6) is 0.395. The van der Waals surface area contributed by atoms with Crippen molar-refractivity contribution in [3.63, 3.8) is 0 Å². The molecule has 1 aromatic carbocycles. The summed E-state index contributed by atoms with van der Waals surface area (Å²) in [4.78, 5) is 12.2. The van der Waals surface area contributed by atoms with Crippen molar-refractivity contribution in [1.29, 1.82) is 0 Å². The van der Waals surface area contributed by atoms with Gasteiger partial charge in [0.15, 0.2) is 0 Å². The second-order valence-corrected chi connectivity index (χ2v) is 6.65. The number of rotatable bonds is 4. The number of hydrogen-bond acceptors (Lipinski definition) is 4. The molecule has 0 aliphatic carbocycles. The summed E-state index contributed by atoms with van der Waals surface area (Å²) in [5, 5.41) is 10.9. The Hall–Kier alpha value is -1.64. The molecule has 1 amide bonds. The van der Waals surface area contributed by atoms with Crippen LogP contribution in [0.3, 0.4) is 0 Å². The molecule has 2 atom stereocenters. The number of piperidine rings is 1. The molecule has 1 aliphatic heterocycles. The maximum atomic E-state index is 12.2. The van der Waals surface area contributed by atoms with Crippen LogP contribution in [0.4, 0.5) is 11.4 Å². The average Bonchev–Trinajstić information content (AvgIpc) is 2.37. The highest BCUT2D eigenvalue weighted by molar-refractivity contribution is 7.90. The maximum absolute atomic E-state index is 12.2.